The van der Waals surface area contributed by atoms with Gasteiger partial charge < -0.3 is 15.2 Å². The summed E-state index contributed by atoms with van der Waals surface area (Å²) in [7, 11) is 2.45. The summed E-state index contributed by atoms with van der Waals surface area (Å²) in [6, 6.07) is 26.6. The number of nitrogens with two attached hydrogens (primary N) is 1. The predicted molar refractivity (Wildman–Crippen MR) is 141 cm³/mol. The molecule has 0 saturated carbocycles. The Kier molecular flexibility index (Phi) is 7.66. The molecule has 37 heavy (non-hydrogen) atoms. The Labute approximate surface area is 219 Å². The van der Waals surface area contributed by atoms with Gasteiger partial charge in [-0.05, 0) is 48.9 Å². The van der Waals surface area contributed by atoms with Crippen LogP contribution in [0.4, 0.5) is 5.69 Å². The smallest absolute Gasteiger partial charge is 0.355 e. The lowest BCUT2D eigenvalue weighted by molar-refractivity contribution is -0.139. The number of anilines is 1. The summed E-state index contributed by atoms with van der Waals surface area (Å²) in [6.07, 6.45) is 0. The quantitative estimate of drug-likeness (QED) is 0.459. The summed E-state index contributed by atoms with van der Waals surface area (Å²) in [5, 5.41) is 10.1. The first-order valence-corrected chi connectivity index (χ1v) is 12.2. The Morgan fingerprint density at radius 3 is 2.00 bits per heavy atom. The number of carbonyl (C=O) groups is 2. The van der Waals surface area contributed by atoms with Crippen LogP contribution in [-0.4, -0.2) is 26.2 Å². The number of hydrogen-bond acceptors (Lipinski definition) is 8. The minimum absolute atomic E-state index is 0.0237. The lowest BCUT2D eigenvalue weighted by atomic mass is 9.81. The van der Waals surface area contributed by atoms with Gasteiger partial charge in [-0.3, -0.25) is 4.90 Å². The van der Waals surface area contributed by atoms with E-state index in [2.05, 4.69) is 6.07 Å². The lowest BCUT2D eigenvalue weighted by Crippen LogP contribution is -2.40. The van der Waals surface area contributed by atoms with Gasteiger partial charge in [-0.1, -0.05) is 59.8 Å². The summed E-state index contributed by atoms with van der Waals surface area (Å²) in [6.45, 7) is 2.03. The van der Waals surface area contributed by atoms with Crippen LogP contribution in [0.25, 0.3) is 0 Å². The van der Waals surface area contributed by atoms with Gasteiger partial charge in [-0.25, -0.2) is 9.59 Å². The van der Waals surface area contributed by atoms with E-state index in [4.69, 9.17) is 15.2 Å². The van der Waals surface area contributed by atoms with Crippen molar-refractivity contribution in [1.29, 1.82) is 5.26 Å². The second-order valence-corrected chi connectivity index (χ2v) is 9.39. The molecule has 186 valence electrons. The highest BCUT2D eigenvalue weighted by molar-refractivity contribution is 7.99. The highest BCUT2D eigenvalue weighted by Gasteiger charge is 2.42. The van der Waals surface area contributed by atoms with Crippen molar-refractivity contribution in [3.63, 3.8) is 0 Å². The molecule has 0 bridgehead atoms. The number of hydrogen-bond donors (Lipinski definition) is 1. The maximum Gasteiger partial charge on any atom is 0.355 e. The van der Waals surface area contributed by atoms with Gasteiger partial charge in [0.15, 0.2) is 0 Å². The molecule has 1 atom stereocenters. The molecular formula is C29H25N3O4S. The summed E-state index contributed by atoms with van der Waals surface area (Å²) < 4.78 is 10.1. The third-order valence-corrected chi connectivity index (χ3v) is 6.98. The van der Waals surface area contributed by atoms with Gasteiger partial charge in [-0.2, -0.15) is 5.26 Å². The minimum atomic E-state index is -0.902. The Bertz CT molecular complexity index is 1420. The van der Waals surface area contributed by atoms with Crippen molar-refractivity contribution in [3.8, 4) is 6.07 Å². The highest BCUT2D eigenvalue weighted by atomic mass is 32.2. The second-order valence-electron chi connectivity index (χ2n) is 8.24. The van der Waals surface area contributed by atoms with Crippen molar-refractivity contribution in [3.05, 3.63) is 113 Å². The molecule has 0 radical (unpaired) electrons. The number of methoxy groups -OCH3 is 2. The maximum atomic E-state index is 13.1. The highest BCUT2D eigenvalue weighted by Crippen LogP contribution is 2.43. The van der Waals surface area contributed by atoms with E-state index in [0.717, 1.165) is 9.79 Å². The van der Waals surface area contributed by atoms with Crippen molar-refractivity contribution < 1.29 is 19.1 Å². The second kappa shape index (κ2) is 11.1. The number of nitriles is 1. The monoisotopic (exact) mass is 511 g/mol. The van der Waals surface area contributed by atoms with Gasteiger partial charge in [0.05, 0.1) is 37.4 Å². The molecule has 3 aromatic carbocycles. The molecule has 0 saturated heterocycles. The number of benzene rings is 3. The van der Waals surface area contributed by atoms with E-state index in [1.165, 1.54) is 24.7 Å². The molecule has 1 unspecified atom stereocenters. The Morgan fingerprint density at radius 1 is 0.892 bits per heavy atom. The van der Waals surface area contributed by atoms with Gasteiger partial charge >= 0.3 is 11.9 Å². The molecule has 0 amide bonds. The van der Waals surface area contributed by atoms with Gasteiger partial charge in [-0.15, -0.1) is 0 Å². The third-order valence-electron chi connectivity index (χ3n) is 5.96. The average Bonchev–Trinajstić information content (AvgIpc) is 2.93. The van der Waals surface area contributed by atoms with Crippen LogP contribution in [0.2, 0.25) is 0 Å². The van der Waals surface area contributed by atoms with Crippen LogP contribution in [-0.2, 0) is 19.1 Å². The van der Waals surface area contributed by atoms with E-state index in [1.807, 2.05) is 49.4 Å². The van der Waals surface area contributed by atoms with Crippen molar-refractivity contribution in [2.45, 2.75) is 22.6 Å². The molecule has 0 spiro atoms. The maximum absolute atomic E-state index is 13.1. The van der Waals surface area contributed by atoms with Crippen LogP contribution in [0.3, 0.4) is 0 Å². The van der Waals surface area contributed by atoms with Crippen LogP contribution in [0, 0.1) is 18.3 Å². The van der Waals surface area contributed by atoms with E-state index in [9.17, 15) is 14.9 Å². The van der Waals surface area contributed by atoms with Crippen molar-refractivity contribution >= 4 is 29.4 Å². The number of aryl methyl sites for hydroxylation is 1. The fraction of sp³-hybridized carbons (Fsp3) is 0.138. The average molecular weight is 512 g/mol. The normalized spacial score (nSPS) is 15.3. The number of ether oxygens (including phenoxy) is 2. The summed E-state index contributed by atoms with van der Waals surface area (Å²) in [4.78, 5) is 29.7. The summed E-state index contributed by atoms with van der Waals surface area (Å²) in [5.41, 5.74) is 8.83. The Hall–Kier alpha value is -4.48. The van der Waals surface area contributed by atoms with E-state index in [0.29, 0.717) is 11.3 Å². The zero-order valence-electron chi connectivity index (χ0n) is 20.6. The molecule has 0 aromatic heterocycles. The van der Waals surface area contributed by atoms with Gasteiger partial charge in [0.1, 0.15) is 11.5 Å². The lowest BCUT2D eigenvalue weighted by Gasteiger charge is -2.35. The van der Waals surface area contributed by atoms with E-state index < -0.39 is 17.9 Å². The zero-order chi connectivity index (χ0) is 26.5. The molecule has 4 rings (SSSR count). The number of rotatable bonds is 6. The summed E-state index contributed by atoms with van der Waals surface area (Å²) in [5.74, 6) is -2.41. The largest absolute Gasteiger partial charge is 0.466 e. The molecule has 1 heterocycles. The molecule has 0 fully saturated rings. The minimum Gasteiger partial charge on any atom is -0.466 e. The molecule has 7 nitrogen and oxygen atoms in total. The topological polar surface area (TPSA) is 106 Å². The van der Waals surface area contributed by atoms with Crippen LogP contribution < -0.4 is 10.6 Å². The first-order chi connectivity index (χ1) is 17.9. The molecule has 2 N–H and O–H groups in total. The first kappa shape index (κ1) is 25.6. The molecule has 1 aliphatic heterocycles. The standard InChI is InChI=1S/C29H25N3O4S/c1-18-9-13-21(14-10-18)37-22-15-11-20(12-16-22)32-26(29(34)36-3)25(28(33)35-2)24(23(17-30)27(32)31)19-7-5-4-6-8-19/h4-16,24H,31H2,1-3H3. The molecular weight excluding hydrogens is 486 g/mol. The van der Waals surface area contributed by atoms with Crippen molar-refractivity contribution in [2.75, 3.05) is 19.1 Å². The molecule has 3 aromatic rings. The van der Waals surface area contributed by atoms with Gasteiger partial charge in [0.25, 0.3) is 0 Å². The summed E-state index contributed by atoms with van der Waals surface area (Å²) >= 11 is 1.58. The zero-order valence-corrected chi connectivity index (χ0v) is 21.4. The number of esters is 2. The Morgan fingerprint density at radius 2 is 1.46 bits per heavy atom. The van der Waals surface area contributed by atoms with E-state index >= 15 is 0 Å². The van der Waals surface area contributed by atoms with Crippen LogP contribution in [0.15, 0.2) is 111 Å². The Balaban J connectivity index is 1.86. The molecule has 8 heteroatoms. The number of carbonyl (C=O) groups excluding carboxylic acids is 2. The predicted octanol–water partition coefficient (Wildman–Crippen LogP) is 5.04. The van der Waals surface area contributed by atoms with Crippen LogP contribution >= 0.6 is 11.8 Å². The fourth-order valence-corrected chi connectivity index (χ4v) is 5.00. The number of nitrogens with zero attached hydrogens (tertiary/aromatic N) is 2. The SMILES string of the molecule is COC(=O)C1=C(C(=O)OC)N(c2ccc(Sc3ccc(C)cc3)cc2)C(N)=C(C#N)C1c1ccccc1. The number of allylic oxidation sites excluding steroid dienone is 1. The van der Waals surface area contributed by atoms with Crippen molar-refractivity contribution in [2.24, 2.45) is 5.73 Å². The molecule has 1 aliphatic rings. The van der Waals surface area contributed by atoms with Gasteiger partial charge in [0, 0.05) is 15.5 Å². The third kappa shape index (κ3) is 5.08. The van der Waals surface area contributed by atoms with Crippen molar-refractivity contribution in [1.82, 2.24) is 0 Å². The molecule has 0 aliphatic carbocycles. The van der Waals surface area contributed by atoms with E-state index in [1.54, 1.807) is 48.2 Å². The fourth-order valence-electron chi connectivity index (χ4n) is 4.19. The first-order valence-electron chi connectivity index (χ1n) is 11.4. The van der Waals surface area contributed by atoms with Crippen LogP contribution in [0.5, 0.6) is 0 Å². The van der Waals surface area contributed by atoms with Crippen LogP contribution in [0.1, 0.15) is 17.0 Å². The van der Waals surface area contributed by atoms with E-state index in [-0.39, 0.29) is 22.7 Å². The van der Waals surface area contributed by atoms with Gasteiger partial charge in [0.2, 0.25) is 0 Å².